The first-order valence-corrected chi connectivity index (χ1v) is 7.97. The molecule has 0 saturated heterocycles. The molecule has 1 atom stereocenters. The summed E-state index contributed by atoms with van der Waals surface area (Å²) >= 11 is 1.07. The van der Waals surface area contributed by atoms with E-state index in [2.05, 4.69) is 5.32 Å². The maximum atomic E-state index is 11.6. The van der Waals surface area contributed by atoms with Gasteiger partial charge in [-0.1, -0.05) is 0 Å². The molecule has 0 heterocycles. The molecule has 22 heavy (non-hydrogen) atoms. The second-order valence-corrected chi connectivity index (χ2v) is 7.67. The number of esters is 1. The van der Waals surface area contributed by atoms with Crippen molar-refractivity contribution in [3.8, 4) is 0 Å². The lowest BCUT2D eigenvalue weighted by Gasteiger charge is -2.22. The van der Waals surface area contributed by atoms with E-state index in [0.29, 0.717) is 0 Å². The van der Waals surface area contributed by atoms with Crippen LogP contribution in [0.5, 0.6) is 0 Å². The first kappa shape index (κ1) is 20.6. The van der Waals surface area contributed by atoms with Gasteiger partial charge in [-0.2, -0.15) is 0 Å². The lowest BCUT2D eigenvalue weighted by molar-refractivity contribution is -0.151. The van der Waals surface area contributed by atoms with E-state index in [9.17, 15) is 14.4 Å². The van der Waals surface area contributed by atoms with Gasteiger partial charge in [0.1, 0.15) is 17.2 Å². The molecule has 0 aromatic rings. The van der Waals surface area contributed by atoms with E-state index in [0.717, 1.165) is 11.8 Å². The van der Waals surface area contributed by atoms with Crippen molar-refractivity contribution in [3.05, 3.63) is 0 Å². The first-order chi connectivity index (χ1) is 9.80. The van der Waals surface area contributed by atoms with Crippen LogP contribution in [0.2, 0.25) is 0 Å². The summed E-state index contributed by atoms with van der Waals surface area (Å²) in [7, 11) is 0. The molecule has 0 fully saturated rings. The molecule has 7 nitrogen and oxygen atoms in total. The van der Waals surface area contributed by atoms with Gasteiger partial charge in [-0.05, 0) is 41.5 Å². The molecule has 0 aromatic carbocycles. The van der Waals surface area contributed by atoms with Crippen molar-refractivity contribution in [1.29, 1.82) is 0 Å². The SMILES string of the molecule is CC(C)(C)OC(=O)CSCC(NC(=O)OC(C)(C)C)C(=O)O. The minimum Gasteiger partial charge on any atom is -0.480 e. The topological polar surface area (TPSA) is 102 Å². The zero-order valence-electron chi connectivity index (χ0n) is 13.9. The van der Waals surface area contributed by atoms with Crippen molar-refractivity contribution < 1.29 is 29.0 Å². The summed E-state index contributed by atoms with van der Waals surface area (Å²) in [6.45, 7) is 10.3. The van der Waals surface area contributed by atoms with E-state index in [-0.39, 0.29) is 11.5 Å². The summed E-state index contributed by atoms with van der Waals surface area (Å²) in [4.78, 5) is 34.2. The number of amides is 1. The molecule has 0 rings (SSSR count). The summed E-state index contributed by atoms with van der Waals surface area (Å²) in [5.41, 5.74) is -1.30. The van der Waals surface area contributed by atoms with Gasteiger partial charge in [0, 0.05) is 5.75 Å². The minimum absolute atomic E-state index is 0.0110. The molecule has 1 amide bonds. The standard InChI is InChI=1S/C14H25NO6S/c1-13(2,3)20-10(16)8-22-7-9(11(17)18)15-12(19)21-14(4,5)6/h9H,7-8H2,1-6H3,(H,15,19)(H,17,18). The molecule has 0 saturated carbocycles. The van der Waals surface area contributed by atoms with E-state index >= 15 is 0 Å². The summed E-state index contributed by atoms with van der Waals surface area (Å²) in [5.74, 6) is -1.58. The first-order valence-electron chi connectivity index (χ1n) is 6.82. The van der Waals surface area contributed by atoms with Crippen LogP contribution in [0, 0.1) is 0 Å². The lowest BCUT2D eigenvalue weighted by Crippen LogP contribution is -2.45. The van der Waals surface area contributed by atoms with Crippen LogP contribution in [-0.4, -0.2) is 51.9 Å². The van der Waals surface area contributed by atoms with Crippen molar-refractivity contribution in [2.45, 2.75) is 58.8 Å². The molecule has 1 unspecified atom stereocenters. The van der Waals surface area contributed by atoms with Gasteiger partial charge in [-0.25, -0.2) is 9.59 Å². The monoisotopic (exact) mass is 335 g/mol. The van der Waals surface area contributed by atoms with Gasteiger partial charge >= 0.3 is 18.0 Å². The van der Waals surface area contributed by atoms with Crippen LogP contribution >= 0.6 is 11.8 Å². The second-order valence-electron chi connectivity index (χ2n) is 6.64. The second kappa shape index (κ2) is 8.26. The number of alkyl carbamates (subject to hydrolysis) is 1. The fraction of sp³-hybridized carbons (Fsp3) is 0.786. The third kappa shape index (κ3) is 11.2. The Morgan fingerprint density at radius 3 is 1.95 bits per heavy atom. The van der Waals surface area contributed by atoms with Crippen LogP contribution in [0.25, 0.3) is 0 Å². The van der Waals surface area contributed by atoms with E-state index in [1.807, 2.05) is 0 Å². The Balaban J connectivity index is 4.30. The number of hydrogen-bond acceptors (Lipinski definition) is 6. The quantitative estimate of drug-likeness (QED) is 0.716. The molecule has 0 aliphatic heterocycles. The Labute approximate surface area is 135 Å². The highest BCUT2D eigenvalue weighted by atomic mass is 32.2. The molecule has 0 aromatic heterocycles. The van der Waals surface area contributed by atoms with E-state index in [1.54, 1.807) is 41.5 Å². The molecular weight excluding hydrogens is 310 g/mol. The maximum Gasteiger partial charge on any atom is 0.408 e. The fourth-order valence-corrected chi connectivity index (χ4v) is 2.06. The van der Waals surface area contributed by atoms with E-state index in [1.165, 1.54) is 0 Å². The number of carboxylic acids is 1. The average molecular weight is 335 g/mol. The summed E-state index contributed by atoms with van der Waals surface area (Å²) in [6, 6.07) is -1.14. The maximum absolute atomic E-state index is 11.6. The van der Waals surface area contributed by atoms with Gasteiger partial charge in [0.05, 0.1) is 5.75 Å². The van der Waals surface area contributed by atoms with Crippen molar-refractivity contribution in [1.82, 2.24) is 5.32 Å². The Bertz CT molecular complexity index is 411. The average Bonchev–Trinajstić information content (AvgIpc) is 2.22. The van der Waals surface area contributed by atoms with Crippen molar-refractivity contribution in [2.75, 3.05) is 11.5 Å². The lowest BCUT2D eigenvalue weighted by atomic mass is 10.2. The van der Waals surface area contributed by atoms with Crippen LogP contribution < -0.4 is 5.32 Å². The molecule has 0 spiro atoms. The van der Waals surface area contributed by atoms with Crippen molar-refractivity contribution in [2.24, 2.45) is 0 Å². The molecule has 128 valence electrons. The number of carbonyl (C=O) groups is 3. The zero-order valence-corrected chi connectivity index (χ0v) is 14.7. The fourth-order valence-electron chi connectivity index (χ4n) is 1.26. The van der Waals surface area contributed by atoms with Gasteiger partial charge in [-0.15, -0.1) is 11.8 Å². The highest BCUT2D eigenvalue weighted by Gasteiger charge is 2.24. The largest absolute Gasteiger partial charge is 0.480 e. The highest BCUT2D eigenvalue weighted by molar-refractivity contribution is 8.00. The van der Waals surface area contributed by atoms with Gasteiger partial charge in [0.15, 0.2) is 0 Å². The molecule has 0 aliphatic rings. The van der Waals surface area contributed by atoms with Crippen LogP contribution in [0.1, 0.15) is 41.5 Å². The number of ether oxygens (including phenoxy) is 2. The molecule has 8 heteroatoms. The zero-order chi connectivity index (χ0) is 17.6. The number of carboxylic acid groups (broad SMARTS) is 1. The van der Waals surface area contributed by atoms with Gasteiger partial charge in [0.25, 0.3) is 0 Å². The predicted octanol–water partition coefficient (Wildman–Crippen LogP) is 2.04. The molecule has 2 N–H and O–H groups in total. The van der Waals surface area contributed by atoms with Gasteiger partial charge in [0.2, 0.25) is 0 Å². The summed E-state index contributed by atoms with van der Waals surface area (Å²) < 4.78 is 10.1. The van der Waals surface area contributed by atoms with Crippen molar-refractivity contribution >= 4 is 29.8 Å². The molecular formula is C14H25NO6S. The van der Waals surface area contributed by atoms with Crippen LogP contribution in [0.4, 0.5) is 4.79 Å². The Hall–Kier alpha value is -1.44. The van der Waals surface area contributed by atoms with Crippen LogP contribution in [0.15, 0.2) is 0 Å². The molecule has 0 bridgehead atoms. The Morgan fingerprint density at radius 2 is 1.55 bits per heavy atom. The van der Waals surface area contributed by atoms with Crippen LogP contribution in [-0.2, 0) is 19.1 Å². The normalized spacial score (nSPS) is 13.2. The minimum atomic E-state index is -1.19. The van der Waals surface area contributed by atoms with Crippen LogP contribution in [0.3, 0.4) is 0 Å². The molecule has 0 aliphatic carbocycles. The summed E-state index contributed by atoms with van der Waals surface area (Å²) in [5, 5.41) is 11.3. The summed E-state index contributed by atoms with van der Waals surface area (Å²) in [6.07, 6.45) is -0.808. The number of nitrogens with one attached hydrogen (secondary N) is 1. The Morgan fingerprint density at radius 1 is 1.05 bits per heavy atom. The van der Waals surface area contributed by atoms with Crippen molar-refractivity contribution in [3.63, 3.8) is 0 Å². The van der Waals surface area contributed by atoms with Gasteiger partial charge in [-0.3, -0.25) is 4.79 Å². The third-order valence-corrected chi connectivity index (χ3v) is 2.92. The number of hydrogen-bond donors (Lipinski definition) is 2. The number of rotatable bonds is 6. The van der Waals surface area contributed by atoms with E-state index in [4.69, 9.17) is 14.6 Å². The Kier molecular flexibility index (Phi) is 7.72. The number of thioether (sulfide) groups is 1. The smallest absolute Gasteiger partial charge is 0.408 e. The van der Waals surface area contributed by atoms with E-state index < -0.39 is 35.3 Å². The predicted molar refractivity (Wildman–Crippen MR) is 84.0 cm³/mol. The number of carbonyl (C=O) groups excluding carboxylic acids is 2. The third-order valence-electron chi connectivity index (χ3n) is 1.91. The molecule has 0 radical (unpaired) electrons. The number of aliphatic carboxylic acids is 1. The highest BCUT2D eigenvalue weighted by Crippen LogP contribution is 2.12. The van der Waals surface area contributed by atoms with Gasteiger partial charge < -0.3 is 19.9 Å².